The molecule has 1 saturated heterocycles. The molecule has 0 spiro atoms. The third-order valence-corrected chi connectivity index (χ3v) is 4.39. The highest BCUT2D eigenvalue weighted by molar-refractivity contribution is 5.93. The highest BCUT2D eigenvalue weighted by Crippen LogP contribution is 2.05. The highest BCUT2D eigenvalue weighted by Gasteiger charge is 2.28. The van der Waals surface area contributed by atoms with Crippen LogP contribution in [0.15, 0.2) is 0 Å². The third kappa shape index (κ3) is 9.32. The van der Waals surface area contributed by atoms with E-state index in [0.717, 1.165) is 6.42 Å². The van der Waals surface area contributed by atoms with Crippen molar-refractivity contribution in [1.82, 2.24) is 21.3 Å². The molecule has 0 aliphatic carbocycles. The SMILES string of the molecule is NC(=O)CCC(NC(=O)CNC(=O)C1CCCN1)C(=O)NC(CCC(=O)O)C(=O)O. The van der Waals surface area contributed by atoms with Crippen molar-refractivity contribution in [1.29, 1.82) is 0 Å². The number of carbonyl (C=O) groups is 6. The van der Waals surface area contributed by atoms with Gasteiger partial charge < -0.3 is 37.2 Å². The van der Waals surface area contributed by atoms with Crippen molar-refractivity contribution in [3.63, 3.8) is 0 Å². The van der Waals surface area contributed by atoms with Crippen LogP contribution in [0.25, 0.3) is 0 Å². The Balaban J connectivity index is 2.66. The first-order valence-corrected chi connectivity index (χ1v) is 9.44. The maximum absolute atomic E-state index is 12.4. The first-order valence-electron chi connectivity index (χ1n) is 9.44. The Morgan fingerprint density at radius 3 is 2.20 bits per heavy atom. The van der Waals surface area contributed by atoms with Gasteiger partial charge in [-0.05, 0) is 32.2 Å². The molecule has 4 amide bonds. The number of carboxylic acids is 2. The molecule has 1 aliphatic heterocycles. The minimum Gasteiger partial charge on any atom is -0.481 e. The second-order valence-electron chi connectivity index (χ2n) is 6.82. The zero-order valence-electron chi connectivity index (χ0n) is 16.3. The van der Waals surface area contributed by atoms with Gasteiger partial charge in [0.25, 0.3) is 0 Å². The molecule has 0 aromatic carbocycles. The average Bonchev–Trinajstić information content (AvgIpc) is 3.20. The molecule has 1 fully saturated rings. The van der Waals surface area contributed by atoms with Crippen LogP contribution < -0.4 is 27.0 Å². The summed E-state index contributed by atoms with van der Waals surface area (Å²) in [4.78, 5) is 69.4. The molecule has 30 heavy (non-hydrogen) atoms. The molecule has 8 N–H and O–H groups in total. The van der Waals surface area contributed by atoms with E-state index in [9.17, 15) is 28.8 Å². The maximum Gasteiger partial charge on any atom is 0.326 e. The molecule has 1 heterocycles. The third-order valence-electron chi connectivity index (χ3n) is 4.39. The molecule has 0 saturated carbocycles. The van der Waals surface area contributed by atoms with Gasteiger partial charge in [0, 0.05) is 12.8 Å². The monoisotopic (exact) mass is 429 g/mol. The van der Waals surface area contributed by atoms with Gasteiger partial charge in [-0.3, -0.25) is 24.0 Å². The number of hydrogen-bond donors (Lipinski definition) is 7. The Kier molecular flexibility index (Phi) is 10.2. The fourth-order valence-electron chi connectivity index (χ4n) is 2.80. The molecule has 13 nitrogen and oxygen atoms in total. The van der Waals surface area contributed by atoms with Gasteiger partial charge in [-0.15, -0.1) is 0 Å². The number of carboxylic acid groups (broad SMARTS) is 2. The van der Waals surface area contributed by atoms with E-state index in [4.69, 9.17) is 15.9 Å². The normalized spacial score (nSPS) is 17.4. The Labute approximate surface area is 172 Å². The summed E-state index contributed by atoms with van der Waals surface area (Å²) in [5, 5.41) is 27.7. The minimum atomic E-state index is -1.49. The number of hydrogen-bond acceptors (Lipinski definition) is 7. The molecule has 1 rings (SSSR count). The summed E-state index contributed by atoms with van der Waals surface area (Å²) in [6.45, 7) is 0.283. The summed E-state index contributed by atoms with van der Waals surface area (Å²) in [7, 11) is 0. The van der Waals surface area contributed by atoms with Gasteiger partial charge in [0.1, 0.15) is 12.1 Å². The maximum atomic E-state index is 12.4. The van der Waals surface area contributed by atoms with Gasteiger partial charge in [0.15, 0.2) is 0 Å². The molecule has 3 atom stereocenters. The smallest absolute Gasteiger partial charge is 0.326 e. The van der Waals surface area contributed by atoms with Crippen LogP contribution in [0.2, 0.25) is 0 Å². The van der Waals surface area contributed by atoms with Gasteiger partial charge in [0.2, 0.25) is 23.6 Å². The lowest BCUT2D eigenvalue weighted by molar-refractivity contribution is -0.143. The number of primary amides is 1. The summed E-state index contributed by atoms with van der Waals surface area (Å²) in [6.07, 6.45) is 0.171. The van der Waals surface area contributed by atoms with Crippen LogP contribution in [0.1, 0.15) is 38.5 Å². The summed E-state index contributed by atoms with van der Waals surface area (Å²) in [5.74, 6) is -5.40. The Bertz CT molecular complexity index is 677. The van der Waals surface area contributed by atoms with Crippen LogP contribution in [0.5, 0.6) is 0 Å². The standard InChI is InChI=1S/C17H27N5O8/c18-12(23)5-3-10(16(28)22-11(17(29)30)4-6-14(25)26)21-13(24)8-20-15(27)9-2-1-7-19-9/h9-11,19H,1-8H2,(H2,18,23)(H,20,27)(H,21,24)(H,22,28)(H,25,26)(H,29,30). The topological polar surface area (TPSA) is 217 Å². The Morgan fingerprint density at radius 2 is 1.67 bits per heavy atom. The van der Waals surface area contributed by atoms with E-state index in [1.807, 2.05) is 0 Å². The number of nitrogens with one attached hydrogen (secondary N) is 4. The number of nitrogens with two attached hydrogens (primary N) is 1. The van der Waals surface area contributed by atoms with Crippen molar-refractivity contribution >= 4 is 35.6 Å². The van der Waals surface area contributed by atoms with E-state index >= 15 is 0 Å². The first-order chi connectivity index (χ1) is 14.1. The van der Waals surface area contributed by atoms with Gasteiger partial charge in [0.05, 0.1) is 12.6 Å². The van der Waals surface area contributed by atoms with Crippen molar-refractivity contribution in [3.8, 4) is 0 Å². The van der Waals surface area contributed by atoms with E-state index in [2.05, 4.69) is 21.3 Å². The lowest BCUT2D eigenvalue weighted by Crippen LogP contribution is -2.54. The summed E-state index contributed by atoms with van der Waals surface area (Å²) < 4.78 is 0. The minimum absolute atomic E-state index is 0.198. The molecule has 0 bridgehead atoms. The molecule has 0 aromatic heterocycles. The van der Waals surface area contributed by atoms with Crippen LogP contribution in [0.4, 0.5) is 0 Å². The first kappa shape index (κ1) is 24.8. The van der Waals surface area contributed by atoms with Crippen molar-refractivity contribution in [2.75, 3.05) is 13.1 Å². The second kappa shape index (κ2) is 12.4. The van der Waals surface area contributed by atoms with Crippen LogP contribution >= 0.6 is 0 Å². The average molecular weight is 429 g/mol. The lowest BCUT2D eigenvalue weighted by atomic mass is 10.1. The Hall–Kier alpha value is -3.22. The predicted octanol–water partition coefficient (Wildman–Crippen LogP) is -2.96. The van der Waals surface area contributed by atoms with Crippen molar-refractivity contribution in [3.05, 3.63) is 0 Å². The quantitative estimate of drug-likeness (QED) is 0.159. The summed E-state index contributed by atoms with van der Waals surface area (Å²) in [5.41, 5.74) is 5.06. The van der Waals surface area contributed by atoms with Crippen LogP contribution in [-0.4, -0.2) is 77.0 Å². The van der Waals surface area contributed by atoms with Crippen molar-refractivity contribution in [2.45, 2.75) is 56.7 Å². The molecule has 168 valence electrons. The molecule has 3 unspecified atom stereocenters. The molecule has 0 radical (unpaired) electrons. The van der Waals surface area contributed by atoms with Crippen LogP contribution in [0, 0.1) is 0 Å². The van der Waals surface area contributed by atoms with Gasteiger partial charge >= 0.3 is 11.9 Å². The molecule has 1 aliphatic rings. The molecular formula is C17H27N5O8. The number of carbonyl (C=O) groups excluding carboxylic acids is 4. The number of aliphatic carboxylic acids is 2. The van der Waals surface area contributed by atoms with Crippen molar-refractivity contribution in [2.24, 2.45) is 5.73 Å². The second-order valence-corrected chi connectivity index (χ2v) is 6.82. The lowest BCUT2D eigenvalue weighted by Gasteiger charge is -2.21. The fourth-order valence-corrected chi connectivity index (χ4v) is 2.80. The van der Waals surface area contributed by atoms with E-state index in [1.165, 1.54) is 0 Å². The van der Waals surface area contributed by atoms with Crippen molar-refractivity contribution < 1.29 is 39.0 Å². The zero-order valence-corrected chi connectivity index (χ0v) is 16.3. The fraction of sp³-hybridized carbons (Fsp3) is 0.647. The van der Waals surface area contributed by atoms with Gasteiger partial charge in [-0.25, -0.2) is 4.79 Å². The predicted molar refractivity (Wildman–Crippen MR) is 101 cm³/mol. The van der Waals surface area contributed by atoms with Gasteiger partial charge in [-0.2, -0.15) is 0 Å². The van der Waals surface area contributed by atoms with E-state index < -0.39 is 60.8 Å². The van der Waals surface area contributed by atoms with Crippen LogP contribution in [0.3, 0.4) is 0 Å². The van der Waals surface area contributed by atoms with E-state index in [-0.39, 0.29) is 25.2 Å². The molecule has 13 heteroatoms. The molecule has 0 aromatic rings. The summed E-state index contributed by atoms with van der Waals surface area (Å²) in [6, 6.07) is -3.18. The summed E-state index contributed by atoms with van der Waals surface area (Å²) >= 11 is 0. The highest BCUT2D eigenvalue weighted by atomic mass is 16.4. The zero-order chi connectivity index (χ0) is 22.7. The van der Waals surface area contributed by atoms with Gasteiger partial charge in [-0.1, -0.05) is 0 Å². The largest absolute Gasteiger partial charge is 0.481 e. The van der Waals surface area contributed by atoms with Crippen LogP contribution in [-0.2, 0) is 28.8 Å². The van der Waals surface area contributed by atoms with E-state index in [1.54, 1.807) is 0 Å². The Morgan fingerprint density at radius 1 is 1.00 bits per heavy atom. The molecular weight excluding hydrogens is 402 g/mol. The number of rotatable bonds is 13. The number of amides is 4. The van der Waals surface area contributed by atoms with E-state index in [0.29, 0.717) is 13.0 Å².